The van der Waals surface area contributed by atoms with Crippen LogP contribution in [0.2, 0.25) is 0 Å². The van der Waals surface area contributed by atoms with Crippen LogP contribution in [0.25, 0.3) is 0 Å². The van der Waals surface area contributed by atoms with Crippen molar-refractivity contribution in [1.82, 2.24) is 5.32 Å². The first-order chi connectivity index (χ1) is 7.66. The topological polar surface area (TPSA) is 12.0 Å². The highest BCUT2D eigenvalue weighted by Gasteiger charge is 2.44. The predicted molar refractivity (Wildman–Crippen MR) is 71.7 cm³/mol. The molecule has 0 aromatic heterocycles. The van der Waals surface area contributed by atoms with E-state index in [0.29, 0.717) is 11.6 Å². The summed E-state index contributed by atoms with van der Waals surface area (Å²) in [6.07, 6.45) is 5.01. The van der Waals surface area contributed by atoms with Crippen LogP contribution in [0.5, 0.6) is 0 Å². The Hall–Kier alpha value is -0.820. The van der Waals surface area contributed by atoms with E-state index in [2.05, 4.69) is 50.4 Å². The minimum absolute atomic E-state index is 0. The van der Waals surface area contributed by atoms with E-state index in [-0.39, 0.29) is 1.43 Å². The van der Waals surface area contributed by atoms with E-state index in [0.717, 1.165) is 0 Å². The minimum atomic E-state index is 0. The molecule has 0 aliphatic heterocycles. The van der Waals surface area contributed by atoms with Gasteiger partial charge in [-0.2, -0.15) is 0 Å². The second-order valence-electron chi connectivity index (χ2n) is 5.33. The number of benzene rings is 1. The van der Waals surface area contributed by atoms with Crippen LogP contribution in [-0.4, -0.2) is 6.04 Å². The fourth-order valence-electron chi connectivity index (χ4n) is 2.47. The van der Waals surface area contributed by atoms with E-state index >= 15 is 0 Å². The van der Waals surface area contributed by atoms with Gasteiger partial charge in [0.05, 0.1) is 0 Å². The Bertz CT molecular complexity index is 338. The molecule has 1 saturated carbocycles. The van der Waals surface area contributed by atoms with E-state index in [1.54, 1.807) is 0 Å². The van der Waals surface area contributed by atoms with Crippen LogP contribution in [0.4, 0.5) is 0 Å². The summed E-state index contributed by atoms with van der Waals surface area (Å²) in [5, 5.41) is 3.70. The van der Waals surface area contributed by atoms with E-state index in [4.69, 9.17) is 0 Å². The third-order valence-corrected chi connectivity index (χ3v) is 3.36. The molecule has 0 atom stereocenters. The highest BCUT2D eigenvalue weighted by atomic mass is 15.0. The number of nitrogens with one attached hydrogen (secondary N) is 1. The molecule has 0 unspecified atom stereocenters. The standard InChI is InChI=1S/C15H23N.H2/c1-4-5-13-6-8-14(9-7-13)15(10-11-15)16-12(2)3;/h6-9,12,16H,4-5,10-11H2,1-3H3;1H. The van der Waals surface area contributed by atoms with Gasteiger partial charge >= 0.3 is 0 Å². The molecule has 1 fully saturated rings. The fraction of sp³-hybridized carbons (Fsp3) is 0.600. The molecule has 0 heterocycles. The van der Waals surface area contributed by atoms with Crippen molar-refractivity contribution in [3.8, 4) is 0 Å². The van der Waals surface area contributed by atoms with Crippen molar-refractivity contribution >= 4 is 0 Å². The van der Waals surface area contributed by atoms with Crippen molar-refractivity contribution in [1.29, 1.82) is 0 Å². The normalized spacial score (nSPS) is 17.8. The molecule has 1 heteroatoms. The highest BCUT2D eigenvalue weighted by molar-refractivity contribution is 5.33. The lowest BCUT2D eigenvalue weighted by molar-refractivity contribution is 0.461. The monoisotopic (exact) mass is 219 g/mol. The van der Waals surface area contributed by atoms with Gasteiger partial charge in [-0.05, 0) is 30.4 Å². The third-order valence-electron chi connectivity index (χ3n) is 3.36. The quantitative estimate of drug-likeness (QED) is 0.792. The van der Waals surface area contributed by atoms with Gasteiger partial charge in [0.1, 0.15) is 0 Å². The summed E-state index contributed by atoms with van der Waals surface area (Å²) in [6.45, 7) is 6.69. The Labute approximate surface area is 101 Å². The van der Waals surface area contributed by atoms with Crippen LogP contribution in [0.3, 0.4) is 0 Å². The summed E-state index contributed by atoms with van der Waals surface area (Å²) >= 11 is 0. The van der Waals surface area contributed by atoms with Crippen LogP contribution in [0.1, 0.15) is 52.6 Å². The smallest absolute Gasteiger partial charge is 0.0438 e. The second kappa shape index (κ2) is 4.58. The summed E-state index contributed by atoms with van der Waals surface area (Å²) in [4.78, 5) is 0. The molecule has 0 spiro atoms. The van der Waals surface area contributed by atoms with Gasteiger partial charge < -0.3 is 5.32 Å². The SMILES string of the molecule is CCCc1ccc(C2(NC(C)C)CC2)cc1.[HH]. The number of aryl methyl sites for hydroxylation is 1. The van der Waals surface area contributed by atoms with Gasteiger partial charge in [0.25, 0.3) is 0 Å². The number of hydrogen-bond acceptors (Lipinski definition) is 1. The Morgan fingerprint density at radius 1 is 1.25 bits per heavy atom. The molecule has 0 amide bonds. The Balaban J connectivity index is 0.00000144. The average Bonchev–Trinajstić information content (AvgIpc) is 2.99. The van der Waals surface area contributed by atoms with Gasteiger partial charge in [0.2, 0.25) is 0 Å². The summed E-state index contributed by atoms with van der Waals surface area (Å²) < 4.78 is 0. The maximum absolute atomic E-state index is 3.70. The van der Waals surface area contributed by atoms with Crippen molar-refractivity contribution < 1.29 is 1.43 Å². The Kier molecular flexibility index (Phi) is 3.34. The molecule has 1 aromatic rings. The van der Waals surface area contributed by atoms with Gasteiger partial charge in [0, 0.05) is 13.0 Å². The van der Waals surface area contributed by atoms with Crippen molar-refractivity contribution in [2.24, 2.45) is 0 Å². The molecule has 1 aliphatic rings. The van der Waals surface area contributed by atoms with Crippen LogP contribution in [0, 0.1) is 0 Å². The first-order valence-corrected chi connectivity index (χ1v) is 6.53. The van der Waals surface area contributed by atoms with Crippen LogP contribution in [-0.2, 0) is 12.0 Å². The van der Waals surface area contributed by atoms with Crippen LogP contribution < -0.4 is 5.32 Å². The zero-order valence-electron chi connectivity index (χ0n) is 10.7. The summed E-state index contributed by atoms with van der Waals surface area (Å²) in [7, 11) is 0. The van der Waals surface area contributed by atoms with Gasteiger partial charge in [-0.1, -0.05) is 51.5 Å². The Morgan fingerprint density at radius 2 is 1.88 bits per heavy atom. The number of hydrogen-bond donors (Lipinski definition) is 1. The lowest BCUT2D eigenvalue weighted by Gasteiger charge is -2.21. The first-order valence-electron chi connectivity index (χ1n) is 6.53. The lowest BCUT2D eigenvalue weighted by atomic mass is 10.0. The minimum Gasteiger partial charge on any atom is -0.305 e. The van der Waals surface area contributed by atoms with Gasteiger partial charge in [-0.3, -0.25) is 0 Å². The van der Waals surface area contributed by atoms with Gasteiger partial charge in [-0.25, -0.2) is 0 Å². The van der Waals surface area contributed by atoms with Crippen molar-refractivity contribution in [2.75, 3.05) is 0 Å². The second-order valence-corrected chi connectivity index (χ2v) is 5.33. The maximum atomic E-state index is 3.70. The molecule has 16 heavy (non-hydrogen) atoms. The van der Waals surface area contributed by atoms with Crippen LogP contribution >= 0.6 is 0 Å². The van der Waals surface area contributed by atoms with E-state index in [1.807, 2.05) is 0 Å². The van der Waals surface area contributed by atoms with Gasteiger partial charge in [0.15, 0.2) is 0 Å². The summed E-state index contributed by atoms with van der Waals surface area (Å²) in [6, 6.07) is 9.78. The summed E-state index contributed by atoms with van der Waals surface area (Å²) in [5.41, 5.74) is 3.24. The van der Waals surface area contributed by atoms with E-state index in [1.165, 1.54) is 36.8 Å². The average molecular weight is 219 g/mol. The zero-order chi connectivity index (χ0) is 11.6. The molecular formula is C15H25N. The van der Waals surface area contributed by atoms with Crippen molar-refractivity contribution in [3.05, 3.63) is 35.4 Å². The fourth-order valence-corrected chi connectivity index (χ4v) is 2.47. The maximum Gasteiger partial charge on any atom is 0.0438 e. The molecule has 1 nitrogen and oxygen atoms in total. The third kappa shape index (κ3) is 2.46. The molecule has 0 radical (unpaired) electrons. The summed E-state index contributed by atoms with van der Waals surface area (Å²) in [5.74, 6) is 0. The highest BCUT2D eigenvalue weighted by Crippen LogP contribution is 2.45. The molecule has 0 bridgehead atoms. The van der Waals surface area contributed by atoms with Crippen molar-refractivity contribution in [2.45, 2.75) is 58.0 Å². The molecule has 1 aromatic carbocycles. The number of rotatable bonds is 5. The van der Waals surface area contributed by atoms with Crippen molar-refractivity contribution in [3.63, 3.8) is 0 Å². The van der Waals surface area contributed by atoms with Crippen LogP contribution in [0.15, 0.2) is 24.3 Å². The molecule has 0 saturated heterocycles. The first kappa shape index (κ1) is 11.7. The lowest BCUT2D eigenvalue weighted by Crippen LogP contribution is -2.34. The largest absolute Gasteiger partial charge is 0.305 e. The molecule has 90 valence electrons. The van der Waals surface area contributed by atoms with E-state index < -0.39 is 0 Å². The van der Waals surface area contributed by atoms with E-state index in [9.17, 15) is 0 Å². The Morgan fingerprint density at radius 3 is 2.31 bits per heavy atom. The van der Waals surface area contributed by atoms with Gasteiger partial charge in [-0.15, -0.1) is 0 Å². The predicted octanol–water partition coefficient (Wildman–Crippen LogP) is 3.87. The molecule has 1 aliphatic carbocycles. The molecular weight excluding hydrogens is 194 g/mol. The zero-order valence-corrected chi connectivity index (χ0v) is 10.7. The molecule has 1 N–H and O–H groups in total. The molecule has 2 rings (SSSR count).